The van der Waals surface area contributed by atoms with Crippen LogP contribution in [0, 0.1) is 0 Å². The van der Waals surface area contributed by atoms with Gasteiger partial charge in [-0.2, -0.15) is 0 Å². The molecule has 1 atom stereocenters. The number of ether oxygens (including phenoxy) is 1. The van der Waals surface area contributed by atoms with Gasteiger partial charge in [-0.15, -0.1) is 0 Å². The van der Waals surface area contributed by atoms with Gasteiger partial charge in [0.1, 0.15) is 0 Å². The predicted octanol–water partition coefficient (Wildman–Crippen LogP) is 0.385. The normalized spacial score (nSPS) is 31.9. The molecule has 48 valence electrons. The average molecular weight is 115 g/mol. The molecule has 0 aromatic rings. The minimum Gasteiger partial charge on any atom is -0.380 e. The summed E-state index contributed by atoms with van der Waals surface area (Å²) in [6.45, 7) is 5.01. The monoisotopic (exact) mass is 115 g/mol. The molecule has 2 heteroatoms. The van der Waals surface area contributed by atoms with Crippen molar-refractivity contribution in [3.63, 3.8) is 0 Å². The Morgan fingerprint density at radius 2 is 2.38 bits per heavy atom. The molecule has 2 nitrogen and oxygen atoms in total. The van der Waals surface area contributed by atoms with Crippen LogP contribution in [0.1, 0.15) is 13.3 Å². The first-order valence-electron chi connectivity index (χ1n) is 3.21. The van der Waals surface area contributed by atoms with Crippen molar-refractivity contribution in [3.05, 3.63) is 0 Å². The number of nitrogens with one attached hydrogen (secondary N) is 1. The molecular weight excluding hydrogens is 102 g/mol. The highest BCUT2D eigenvalue weighted by Gasteiger charge is 2.03. The molecule has 1 rings (SSSR count). The highest BCUT2D eigenvalue weighted by atomic mass is 16.5. The number of hydrogen-bond donors (Lipinski definition) is 1. The highest BCUT2D eigenvalue weighted by molar-refractivity contribution is 4.62. The molecule has 0 aromatic carbocycles. The molecule has 0 amide bonds. The lowest BCUT2D eigenvalue weighted by Crippen LogP contribution is -2.25. The smallest absolute Gasteiger partial charge is 0.0591 e. The molecule has 1 heterocycles. The van der Waals surface area contributed by atoms with Gasteiger partial charge in [0.15, 0.2) is 0 Å². The van der Waals surface area contributed by atoms with E-state index in [2.05, 4.69) is 12.2 Å². The fourth-order valence-electron chi connectivity index (χ4n) is 0.842. The first-order chi connectivity index (χ1) is 3.89. The van der Waals surface area contributed by atoms with Gasteiger partial charge in [0, 0.05) is 19.2 Å². The maximum absolute atomic E-state index is 5.20. The van der Waals surface area contributed by atoms with Crippen LogP contribution in [0.25, 0.3) is 0 Å². The van der Waals surface area contributed by atoms with Crippen LogP contribution < -0.4 is 5.32 Å². The summed E-state index contributed by atoms with van der Waals surface area (Å²) in [6, 6.07) is 0.650. The first-order valence-corrected chi connectivity index (χ1v) is 3.21. The van der Waals surface area contributed by atoms with Crippen LogP contribution in [0.15, 0.2) is 0 Å². The van der Waals surface area contributed by atoms with E-state index >= 15 is 0 Å². The second-order valence-corrected chi connectivity index (χ2v) is 2.26. The third-order valence-electron chi connectivity index (χ3n) is 1.43. The third kappa shape index (κ3) is 1.80. The minimum atomic E-state index is 0.650. The Balaban J connectivity index is 2.17. The number of hydrogen-bond acceptors (Lipinski definition) is 2. The summed E-state index contributed by atoms with van der Waals surface area (Å²) in [5.41, 5.74) is 0. The summed E-state index contributed by atoms with van der Waals surface area (Å²) < 4.78 is 5.20. The van der Waals surface area contributed by atoms with Crippen molar-refractivity contribution in [2.45, 2.75) is 19.4 Å². The molecule has 1 aliphatic heterocycles. The second-order valence-electron chi connectivity index (χ2n) is 2.26. The Kier molecular flexibility index (Phi) is 2.30. The van der Waals surface area contributed by atoms with Crippen molar-refractivity contribution in [1.29, 1.82) is 0 Å². The van der Waals surface area contributed by atoms with Crippen LogP contribution in [0.5, 0.6) is 0 Å². The summed E-state index contributed by atoms with van der Waals surface area (Å²) in [4.78, 5) is 0. The van der Waals surface area contributed by atoms with Crippen molar-refractivity contribution < 1.29 is 4.74 Å². The van der Waals surface area contributed by atoms with Crippen LogP contribution in [0.2, 0.25) is 0 Å². The van der Waals surface area contributed by atoms with Gasteiger partial charge in [-0.25, -0.2) is 0 Å². The van der Waals surface area contributed by atoms with Gasteiger partial charge in [0.25, 0.3) is 0 Å². The maximum Gasteiger partial charge on any atom is 0.0591 e. The Bertz CT molecular complexity index is 57.5. The lowest BCUT2D eigenvalue weighted by Gasteiger charge is -2.05. The summed E-state index contributed by atoms with van der Waals surface area (Å²) in [7, 11) is 0. The quantitative estimate of drug-likeness (QED) is 0.493. The van der Waals surface area contributed by atoms with Gasteiger partial charge in [-0.3, -0.25) is 0 Å². The number of rotatable bonds is 0. The van der Waals surface area contributed by atoms with Crippen LogP contribution in [-0.2, 0) is 4.74 Å². The van der Waals surface area contributed by atoms with Gasteiger partial charge in [0.2, 0.25) is 0 Å². The van der Waals surface area contributed by atoms with Crippen molar-refractivity contribution in [3.8, 4) is 0 Å². The maximum atomic E-state index is 5.20. The molecule has 0 saturated carbocycles. The van der Waals surface area contributed by atoms with Crippen LogP contribution in [0.4, 0.5) is 0 Å². The Morgan fingerprint density at radius 1 is 1.50 bits per heavy atom. The summed E-state index contributed by atoms with van der Waals surface area (Å²) in [5, 5.41) is 3.32. The van der Waals surface area contributed by atoms with Crippen LogP contribution in [0.3, 0.4) is 0 Å². The summed E-state index contributed by atoms with van der Waals surface area (Å²) >= 11 is 0. The highest BCUT2D eigenvalue weighted by Crippen LogP contribution is 1.94. The van der Waals surface area contributed by atoms with Crippen molar-refractivity contribution >= 4 is 0 Å². The molecule has 0 radical (unpaired) electrons. The fraction of sp³-hybridized carbons (Fsp3) is 1.00. The zero-order valence-corrected chi connectivity index (χ0v) is 5.31. The summed E-state index contributed by atoms with van der Waals surface area (Å²) in [5.74, 6) is 0. The summed E-state index contributed by atoms with van der Waals surface area (Å²) in [6.07, 6.45) is 1.15. The zero-order valence-electron chi connectivity index (χ0n) is 5.31. The molecule has 0 aliphatic carbocycles. The van der Waals surface area contributed by atoms with Gasteiger partial charge < -0.3 is 10.1 Å². The standard InChI is InChI=1S/C6H13NO/c1-6-2-4-8-5-3-7-6/h6-7H,2-5H2,1H3/t6-/m1/s1. The molecule has 1 aliphatic rings. The first kappa shape index (κ1) is 6.05. The van der Waals surface area contributed by atoms with Crippen molar-refractivity contribution in [2.75, 3.05) is 19.8 Å². The van der Waals surface area contributed by atoms with E-state index in [0.29, 0.717) is 6.04 Å². The fourth-order valence-corrected chi connectivity index (χ4v) is 0.842. The SMILES string of the molecule is C[C@@H]1CCOCCN1. The van der Waals surface area contributed by atoms with Crippen LogP contribution in [-0.4, -0.2) is 25.8 Å². The minimum absolute atomic E-state index is 0.650. The van der Waals surface area contributed by atoms with Crippen molar-refractivity contribution in [2.24, 2.45) is 0 Å². The van der Waals surface area contributed by atoms with E-state index in [1.165, 1.54) is 0 Å². The average Bonchev–Trinajstić information content (AvgIpc) is 1.94. The van der Waals surface area contributed by atoms with E-state index in [4.69, 9.17) is 4.74 Å². The third-order valence-corrected chi connectivity index (χ3v) is 1.43. The Hall–Kier alpha value is -0.0800. The lowest BCUT2D eigenvalue weighted by molar-refractivity contribution is 0.150. The van der Waals surface area contributed by atoms with E-state index in [1.807, 2.05) is 0 Å². The molecule has 0 aromatic heterocycles. The van der Waals surface area contributed by atoms with Gasteiger partial charge >= 0.3 is 0 Å². The Labute approximate surface area is 50.2 Å². The largest absolute Gasteiger partial charge is 0.380 e. The molecule has 0 unspecified atom stereocenters. The molecule has 1 saturated heterocycles. The van der Waals surface area contributed by atoms with E-state index < -0.39 is 0 Å². The molecular formula is C6H13NO. The van der Waals surface area contributed by atoms with Crippen molar-refractivity contribution in [1.82, 2.24) is 5.32 Å². The van der Waals surface area contributed by atoms with Crippen LogP contribution >= 0.6 is 0 Å². The van der Waals surface area contributed by atoms with E-state index in [9.17, 15) is 0 Å². The van der Waals surface area contributed by atoms with Gasteiger partial charge in [-0.1, -0.05) is 0 Å². The molecule has 1 N–H and O–H groups in total. The topological polar surface area (TPSA) is 21.3 Å². The lowest BCUT2D eigenvalue weighted by atomic mass is 10.2. The molecule has 8 heavy (non-hydrogen) atoms. The molecule has 0 spiro atoms. The Morgan fingerprint density at radius 3 is 3.25 bits per heavy atom. The van der Waals surface area contributed by atoms with E-state index in [-0.39, 0.29) is 0 Å². The van der Waals surface area contributed by atoms with E-state index in [1.54, 1.807) is 0 Å². The van der Waals surface area contributed by atoms with Gasteiger partial charge in [0.05, 0.1) is 6.61 Å². The predicted molar refractivity (Wildman–Crippen MR) is 32.9 cm³/mol. The van der Waals surface area contributed by atoms with Gasteiger partial charge in [-0.05, 0) is 13.3 Å². The zero-order chi connectivity index (χ0) is 5.82. The second kappa shape index (κ2) is 3.05. The van der Waals surface area contributed by atoms with E-state index in [0.717, 1.165) is 26.2 Å². The molecule has 0 bridgehead atoms. The molecule has 1 fully saturated rings.